The van der Waals surface area contributed by atoms with Crippen molar-refractivity contribution >= 4 is 48.7 Å². The van der Waals surface area contributed by atoms with Crippen LogP contribution < -0.4 is 0 Å². The lowest BCUT2D eigenvalue weighted by Gasteiger charge is -2.08. The SMILES string of the molecule is CCOC(=O)c1ncc2c(c1O)c(Br)c(Br)n2-c1ccccc1. The van der Waals surface area contributed by atoms with Gasteiger partial charge in [0.25, 0.3) is 0 Å². The van der Waals surface area contributed by atoms with Gasteiger partial charge in [-0.3, -0.25) is 0 Å². The van der Waals surface area contributed by atoms with E-state index in [2.05, 4.69) is 36.8 Å². The van der Waals surface area contributed by atoms with Gasteiger partial charge in [0, 0.05) is 5.69 Å². The van der Waals surface area contributed by atoms with Crippen molar-refractivity contribution in [2.45, 2.75) is 6.92 Å². The molecule has 2 heterocycles. The van der Waals surface area contributed by atoms with Gasteiger partial charge >= 0.3 is 5.97 Å². The first-order chi connectivity index (χ1) is 11.1. The highest BCUT2D eigenvalue weighted by Gasteiger charge is 2.24. The Morgan fingerprint density at radius 3 is 2.65 bits per heavy atom. The fraction of sp³-hybridized carbons (Fsp3) is 0.125. The molecular weight excluding hydrogens is 428 g/mol. The fourth-order valence-electron chi connectivity index (χ4n) is 2.36. The highest BCUT2D eigenvalue weighted by Crippen LogP contribution is 2.42. The van der Waals surface area contributed by atoms with Crippen molar-refractivity contribution in [1.29, 1.82) is 0 Å². The molecule has 0 fully saturated rings. The van der Waals surface area contributed by atoms with Gasteiger partial charge in [0.15, 0.2) is 11.4 Å². The molecular formula is C16H12Br2N2O3. The van der Waals surface area contributed by atoms with Crippen LogP contribution in [0.3, 0.4) is 0 Å². The molecule has 118 valence electrons. The predicted molar refractivity (Wildman–Crippen MR) is 94.1 cm³/mol. The first kappa shape index (κ1) is 16.0. The third-order valence-electron chi connectivity index (χ3n) is 3.35. The minimum atomic E-state index is -0.651. The molecule has 1 aromatic carbocycles. The van der Waals surface area contributed by atoms with E-state index in [1.54, 1.807) is 13.1 Å². The van der Waals surface area contributed by atoms with Gasteiger partial charge < -0.3 is 14.4 Å². The number of carbonyl (C=O) groups is 1. The van der Waals surface area contributed by atoms with Crippen molar-refractivity contribution < 1.29 is 14.6 Å². The maximum Gasteiger partial charge on any atom is 0.360 e. The monoisotopic (exact) mass is 438 g/mol. The summed E-state index contributed by atoms with van der Waals surface area (Å²) in [6, 6.07) is 9.64. The Labute approximate surface area is 149 Å². The lowest BCUT2D eigenvalue weighted by molar-refractivity contribution is 0.0516. The van der Waals surface area contributed by atoms with Crippen molar-refractivity contribution in [3.63, 3.8) is 0 Å². The van der Waals surface area contributed by atoms with E-state index >= 15 is 0 Å². The molecule has 3 rings (SSSR count). The Morgan fingerprint density at radius 1 is 1.30 bits per heavy atom. The molecule has 0 aliphatic rings. The van der Waals surface area contributed by atoms with Crippen LogP contribution in [-0.4, -0.2) is 27.2 Å². The lowest BCUT2D eigenvalue weighted by atomic mass is 10.2. The van der Waals surface area contributed by atoms with Crippen LogP contribution in [0.25, 0.3) is 16.6 Å². The molecule has 0 bridgehead atoms. The standard InChI is InChI=1S/C16H12Br2N2O3/c1-2-23-16(22)13-14(21)11-10(8-19-13)20(15(18)12(11)17)9-6-4-3-5-7-9/h3-8,21H,2H2,1H3. The summed E-state index contributed by atoms with van der Waals surface area (Å²) in [5, 5.41) is 11.0. The number of nitrogens with zero attached hydrogens (tertiary/aromatic N) is 2. The number of esters is 1. The number of fused-ring (bicyclic) bond motifs is 1. The summed E-state index contributed by atoms with van der Waals surface area (Å²) in [6.45, 7) is 1.92. The van der Waals surface area contributed by atoms with E-state index in [0.717, 1.165) is 10.3 Å². The van der Waals surface area contributed by atoms with Crippen LogP contribution in [0.1, 0.15) is 17.4 Å². The van der Waals surface area contributed by atoms with Crippen molar-refractivity contribution in [3.05, 3.63) is 51.3 Å². The Hall–Kier alpha value is -1.86. The minimum Gasteiger partial charge on any atom is -0.505 e. The molecule has 2 aromatic heterocycles. The van der Waals surface area contributed by atoms with Crippen molar-refractivity contribution in [2.24, 2.45) is 0 Å². The number of para-hydroxylation sites is 1. The van der Waals surface area contributed by atoms with Crippen LogP contribution in [0.2, 0.25) is 0 Å². The molecule has 0 saturated heterocycles. The molecule has 7 heteroatoms. The maximum absolute atomic E-state index is 11.9. The van der Waals surface area contributed by atoms with Crippen LogP contribution in [0.15, 0.2) is 45.6 Å². The normalized spacial score (nSPS) is 10.9. The molecule has 1 N–H and O–H groups in total. The molecule has 0 aliphatic heterocycles. The van der Waals surface area contributed by atoms with Gasteiger partial charge in [-0.05, 0) is 50.9 Å². The molecule has 0 amide bonds. The summed E-state index contributed by atoms with van der Waals surface area (Å²) in [6.07, 6.45) is 1.55. The van der Waals surface area contributed by atoms with Crippen LogP contribution in [0.5, 0.6) is 5.75 Å². The molecule has 3 aromatic rings. The number of pyridine rings is 1. The quantitative estimate of drug-likeness (QED) is 0.613. The second kappa shape index (κ2) is 6.33. The molecule has 0 unspecified atom stereocenters. The lowest BCUT2D eigenvalue weighted by Crippen LogP contribution is -2.07. The molecule has 23 heavy (non-hydrogen) atoms. The van der Waals surface area contributed by atoms with Crippen molar-refractivity contribution in [2.75, 3.05) is 6.61 Å². The summed E-state index contributed by atoms with van der Waals surface area (Å²) >= 11 is 6.98. The zero-order valence-corrected chi connectivity index (χ0v) is 15.3. The third kappa shape index (κ3) is 2.64. The average molecular weight is 440 g/mol. The average Bonchev–Trinajstić information content (AvgIpc) is 2.81. The van der Waals surface area contributed by atoms with Gasteiger partial charge in [-0.25, -0.2) is 9.78 Å². The summed E-state index contributed by atoms with van der Waals surface area (Å²) in [7, 11) is 0. The smallest absolute Gasteiger partial charge is 0.360 e. The molecule has 0 atom stereocenters. The van der Waals surface area contributed by atoms with Gasteiger partial charge in [-0.15, -0.1) is 0 Å². The Balaban J connectivity index is 2.29. The summed E-state index contributed by atoms with van der Waals surface area (Å²) in [5.74, 6) is -0.856. The summed E-state index contributed by atoms with van der Waals surface area (Å²) in [4.78, 5) is 16.0. The van der Waals surface area contributed by atoms with E-state index in [1.165, 1.54) is 0 Å². The number of benzene rings is 1. The van der Waals surface area contributed by atoms with Crippen molar-refractivity contribution in [1.82, 2.24) is 9.55 Å². The number of aromatic nitrogens is 2. The molecule has 0 radical (unpaired) electrons. The van der Waals surface area contributed by atoms with Gasteiger partial charge in [-0.1, -0.05) is 18.2 Å². The number of hydrogen-bond donors (Lipinski definition) is 1. The highest BCUT2D eigenvalue weighted by atomic mass is 79.9. The largest absolute Gasteiger partial charge is 0.505 e. The van der Waals surface area contributed by atoms with E-state index in [1.807, 2.05) is 34.9 Å². The van der Waals surface area contributed by atoms with E-state index in [9.17, 15) is 9.90 Å². The van der Waals surface area contributed by atoms with E-state index in [4.69, 9.17) is 4.74 Å². The van der Waals surface area contributed by atoms with Crippen LogP contribution in [-0.2, 0) is 4.74 Å². The first-order valence-electron chi connectivity index (χ1n) is 6.86. The van der Waals surface area contributed by atoms with Crippen molar-refractivity contribution in [3.8, 4) is 11.4 Å². The number of rotatable bonds is 3. The van der Waals surface area contributed by atoms with E-state index < -0.39 is 5.97 Å². The van der Waals surface area contributed by atoms with Gasteiger partial charge in [0.2, 0.25) is 0 Å². The number of aromatic hydroxyl groups is 1. The van der Waals surface area contributed by atoms with Crippen LogP contribution in [0, 0.1) is 0 Å². The molecule has 0 aliphatic carbocycles. The number of hydrogen-bond acceptors (Lipinski definition) is 4. The molecule has 0 saturated carbocycles. The highest BCUT2D eigenvalue weighted by molar-refractivity contribution is 9.13. The number of halogens is 2. The maximum atomic E-state index is 11.9. The zero-order chi connectivity index (χ0) is 16.6. The molecule has 0 spiro atoms. The van der Waals surface area contributed by atoms with Gasteiger partial charge in [0.1, 0.15) is 4.60 Å². The fourth-order valence-corrected chi connectivity index (χ4v) is 3.52. The number of ether oxygens (including phenoxy) is 1. The summed E-state index contributed by atoms with van der Waals surface area (Å²) < 4.78 is 8.17. The predicted octanol–water partition coefficient (Wildman–Crippen LogP) is 4.43. The Morgan fingerprint density at radius 2 is 2.00 bits per heavy atom. The van der Waals surface area contributed by atoms with E-state index in [-0.39, 0.29) is 18.1 Å². The van der Waals surface area contributed by atoms with Gasteiger partial charge in [0.05, 0.1) is 28.2 Å². The second-order valence-electron chi connectivity index (χ2n) is 4.71. The third-order valence-corrected chi connectivity index (χ3v) is 5.41. The number of carbonyl (C=O) groups excluding carboxylic acids is 1. The van der Waals surface area contributed by atoms with E-state index in [0.29, 0.717) is 15.4 Å². The second-order valence-corrected chi connectivity index (χ2v) is 6.26. The topological polar surface area (TPSA) is 64.3 Å². The van der Waals surface area contributed by atoms with Crippen LogP contribution >= 0.6 is 31.9 Å². The van der Waals surface area contributed by atoms with Gasteiger partial charge in [-0.2, -0.15) is 0 Å². The first-order valence-corrected chi connectivity index (χ1v) is 8.44. The molecule has 5 nitrogen and oxygen atoms in total. The minimum absolute atomic E-state index is 0.0993. The summed E-state index contributed by atoms with van der Waals surface area (Å²) in [5.41, 5.74) is 1.47. The van der Waals surface area contributed by atoms with Crippen LogP contribution in [0.4, 0.5) is 0 Å². The Bertz CT molecular complexity index is 891. The zero-order valence-electron chi connectivity index (χ0n) is 12.1. The Kier molecular flexibility index (Phi) is 4.41.